The van der Waals surface area contributed by atoms with Gasteiger partial charge in [-0.2, -0.15) is 0 Å². The first kappa shape index (κ1) is 18.2. The van der Waals surface area contributed by atoms with E-state index in [4.69, 9.17) is 0 Å². The van der Waals surface area contributed by atoms with E-state index in [1.54, 1.807) is 33.6 Å². The Morgan fingerprint density at radius 1 is 1.28 bits per heavy atom. The summed E-state index contributed by atoms with van der Waals surface area (Å²) >= 11 is 1.55. The van der Waals surface area contributed by atoms with Crippen LogP contribution in [-0.2, 0) is 24.7 Å². The standard InChI is InChI=1S/C15H17.2ClH.Zr/c1-4-12-9-14(11(2)3)10-15(12)13-7-5-6-8-13;;;/h5-7,10H,4,8H2,1-3H3;2*1H;/q;;;+2/p-2. The smallest absolute Gasteiger partial charge is 1.00 e. The second-order valence-electron chi connectivity index (χ2n) is 4.50. The molecule has 95 valence electrons. The maximum Gasteiger partial charge on any atom is -1.00 e. The van der Waals surface area contributed by atoms with Crippen LogP contribution in [0.1, 0.15) is 33.6 Å². The molecule has 2 aliphatic rings. The van der Waals surface area contributed by atoms with Crippen LogP contribution in [0, 0.1) is 0 Å². The van der Waals surface area contributed by atoms with Gasteiger partial charge in [0.1, 0.15) is 0 Å². The van der Waals surface area contributed by atoms with Gasteiger partial charge in [-0.25, -0.2) is 0 Å². The topological polar surface area (TPSA) is 0 Å². The summed E-state index contributed by atoms with van der Waals surface area (Å²) in [6, 6.07) is 0. The van der Waals surface area contributed by atoms with Gasteiger partial charge in [-0.1, -0.05) is 0 Å². The largest absolute Gasteiger partial charge is 1.00 e. The summed E-state index contributed by atoms with van der Waals surface area (Å²) in [6.07, 6.45) is 11.3. The minimum atomic E-state index is 0. The van der Waals surface area contributed by atoms with Crippen molar-refractivity contribution in [2.75, 3.05) is 0 Å². The minimum absolute atomic E-state index is 0. The van der Waals surface area contributed by atoms with Gasteiger partial charge in [-0.15, -0.1) is 0 Å². The minimum Gasteiger partial charge on any atom is -1.00 e. The molecular formula is C15H17Cl2Zr. The normalized spacial score (nSPS) is 17.3. The van der Waals surface area contributed by atoms with E-state index in [-0.39, 0.29) is 24.8 Å². The van der Waals surface area contributed by atoms with E-state index in [0.29, 0.717) is 0 Å². The maximum atomic E-state index is 2.40. The van der Waals surface area contributed by atoms with Crippen LogP contribution < -0.4 is 24.8 Å². The fraction of sp³-hybridized carbons (Fsp3) is 0.333. The molecule has 2 aliphatic carbocycles. The number of hydrogen-bond acceptors (Lipinski definition) is 0. The predicted molar refractivity (Wildman–Crippen MR) is 65.6 cm³/mol. The summed E-state index contributed by atoms with van der Waals surface area (Å²) < 4.78 is 1.57. The Balaban J connectivity index is 0.00000144. The molecule has 2 rings (SSSR count). The van der Waals surface area contributed by atoms with Crippen LogP contribution in [0.4, 0.5) is 0 Å². The van der Waals surface area contributed by atoms with Crippen molar-refractivity contribution in [1.29, 1.82) is 0 Å². The molecule has 0 aromatic carbocycles. The molecular weight excluding hydrogens is 342 g/mol. The summed E-state index contributed by atoms with van der Waals surface area (Å²) in [7, 11) is 0. The SMILES string of the molecule is CCC1=[C]([Zr+2])C(=C(C)C)C=C1C1=CC=CC1.[Cl-].[Cl-]. The number of rotatable bonds is 2. The van der Waals surface area contributed by atoms with Crippen LogP contribution in [0.2, 0.25) is 0 Å². The van der Waals surface area contributed by atoms with E-state index >= 15 is 0 Å². The molecule has 0 aliphatic heterocycles. The van der Waals surface area contributed by atoms with Gasteiger partial charge in [0.2, 0.25) is 0 Å². The van der Waals surface area contributed by atoms with E-state index < -0.39 is 0 Å². The molecule has 0 fully saturated rings. The number of hydrogen-bond donors (Lipinski definition) is 0. The molecule has 0 N–H and O–H groups in total. The molecule has 0 saturated carbocycles. The van der Waals surface area contributed by atoms with Gasteiger partial charge in [-0.05, 0) is 0 Å². The van der Waals surface area contributed by atoms with Crippen molar-refractivity contribution in [1.82, 2.24) is 0 Å². The maximum absolute atomic E-state index is 2.40. The Morgan fingerprint density at radius 3 is 2.39 bits per heavy atom. The zero-order valence-electron chi connectivity index (χ0n) is 11.0. The Morgan fingerprint density at radius 2 is 1.94 bits per heavy atom. The molecule has 0 radical (unpaired) electrons. The van der Waals surface area contributed by atoms with Crippen LogP contribution >= 0.6 is 0 Å². The van der Waals surface area contributed by atoms with Crippen molar-refractivity contribution in [3.63, 3.8) is 0 Å². The number of halogens is 2. The Labute approximate surface area is 138 Å². The van der Waals surface area contributed by atoms with Crippen molar-refractivity contribution >= 4 is 0 Å². The van der Waals surface area contributed by atoms with Crippen LogP contribution in [0.3, 0.4) is 0 Å². The fourth-order valence-corrected chi connectivity index (χ4v) is 3.85. The van der Waals surface area contributed by atoms with Gasteiger partial charge in [0, 0.05) is 0 Å². The molecule has 0 aromatic heterocycles. The van der Waals surface area contributed by atoms with E-state index in [1.807, 2.05) is 0 Å². The quantitative estimate of drug-likeness (QED) is 0.555. The molecule has 0 spiro atoms. The van der Waals surface area contributed by atoms with E-state index in [2.05, 4.69) is 45.1 Å². The molecule has 0 aromatic rings. The first-order valence-electron chi connectivity index (χ1n) is 5.86. The van der Waals surface area contributed by atoms with Crippen molar-refractivity contribution < 1.29 is 49.5 Å². The molecule has 0 heterocycles. The van der Waals surface area contributed by atoms with Gasteiger partial charge in [-0.3, -0.25) is 0 Å². The van der Waals surface area contributed by atoms with E-state index in [1.165, 1.54) is 22.3 Å². The van der Waals surface area contributed by atoms with Gasteiger partial charge in [0.05, 0.1) is 0 Å². The van der Waals surface area contributed by atoms with Gasteiger partial charge >= 0.3 is 114 Å². The van der Waals surface area contributed by atoms with E-state index in [0.717, 1.165) is 12.8 Å². The fourth-order valence-electron chi connectivity index (χ4n) is 2.30. The molecule has 0 bridgehead atoms. The van der Waals surface area contributed by atoms with Crippen molar-refractivity contribution in [3.8, 4) is 0 Å². The Hall–Kier alpha value is 0.163. The zero-order chi connectivity index (χ0) is 11.7. The molecule has 0 amide bonds. The van der Waals surface area contributed by atoms with Gasteiger partial charge in [0.15, 0.2) is 0 Å². The van der Waals surface area contributed by atoms with Crippen molar-refractivity contribution in [3.05, 3.63) is 55.5 Å². The van der Waals surface area contributed by atoms with Gasteiger partial charge < -0.3 is 24.8 Å². The van der Waals surface area contributed by atoms with Crippen molar-refractivity contribution in [2.24, 2.45) is 0 Å². The molecule has 18 heavy (non-hydrogen) atoms. The predicted octanol–water partition coefficient (Wildman–Crippen LogP) is -1.63. The van der Waals surface area contributed by atoms with Crippen molar-refractivity contribution in [2.45, 2.75) is 33.6 Å². The average Bonchev–Trinajstić information content (AvgIpc) is 2.83. The van der Waals surface area contributed by atoms with Gasteiger partial charge in [0.25, 0.3) is 0 Å². The summed E-state index contributed by atoms with van der Waals surface area (Å²) in [5.41, 5.74) is 7.49. The summed E-state index contributed by atoms with van der Waals surface area (Å²) in [5, 5.41) is 0. The molecule has 0 atom stereocenters. The second-order valence-corrected chi connectivity index (χ2v) is 5.73. The van der Waals surface area contributed by atoms with Crippen LogP contribution in [-0.4, -0.2) is 0 Å². The Bertz CT molecular complexity index is 473. The molecule has 3 heteroatoms. The summed E-state index contributed by atoms with van der Waals surface area (Å²) in [6.45, 7) is 6.70. The molecule has 0 saturated heterocycles. The first-order chi connectivity index (χ1) is 7.65. The zero-order valence-corrected chi connectivity index (χ0v) is 14.9. The number of allylic oxidation sites excluding steroid dienone is 10. The third-order valence-corrected chi connectivity index (χ3v) is 4.60. The Kier molecular flexibility index (Phi) is 7.75. The van der Waals surface area contributed by atoms with Crippen LogP contribution in [0.5, 0.6) is 0 Å². The second kappa shape index (κ2) is 7.68. The van der Waals surface area contributed by atoms with Crippen LogP contribution in [0.25, 0.3) is 0 Å². The first-order valence-corrected chi connectivity index (χ1v) is 7.08. The average molecular weight is 359 g/mol. The monoisotopic (exact) mass is 357 g/mol. The third kappa shape index (κ3) is 3.38. The summed E-state index contributed by atoms with van der Waals surface area (Å²) in [5.74, 6) is 0. The molecule has 0 unspecified atom stereocenters. The van der Waals surface area contributed by atoms with Crippen LogP contribution in [0.15, 0.2) is 55.5 Å². The molecule has 0 nitrogen and oxygen atoms in total. The summed E-state index contributed by atoms with van der Waals surface area (Å²) in [4.78, 5) is 0. The third-order valence-electron chi connectivity index (χ3n) is 3.19. The van der Waals surface area contributed by atoms with E-state index in [9.17, 15) is 0 Å².